The maximum atomic E-state index is 12.8. The van der Waals surface area contributed by atoms with E-state index < -0.39 is 7.12 Å². The molecule has 170 valence electrons. The van der Waals surface area contributed by atoms with E-state index in [0.29, 0.717) is 24.9 Å². The molecule has 4 rings (SSSR count). The van der Waals surface area contributed by atoms with Crippen molar-refractivity contribution in [3.8, 4) is 5.75 Å². The van der Waals surface area contributed by atoms with Gasteiger partial charge in [-0.25, -0.2) is 0 Å². The monoisotopic (exact) mass is 437 g/mol. The molecule has 0 radical (unpaired) electrons. The Morgan fingerprint density at radius 2 is 1.84 bits per heavy atom. The van der Waals surface area contributed by atoms with Gasteiger partial charge >= 0.3 is 7.12 Å². The molecule has 2 N–H and O–H groups in total. The number of benzene rings is 1. The second-order valence-electron chi connectivity index (χ2n) is 9.76. The Morgan fingerprint density at radius 3 is 2.50 bits per heavy atom. The first-order chi connectivity index (χ1) is 15.1. The van der Waals surface area contributed by atoms with Gasteiger partial charge in [0.15, 0.2) is 0 Å². The van der Waals surface area contributed by atoms with Crippen LogP contribution in [0.1, 0.15) is 49.8 Å². The van der Waals surface area contributed by atoms with Gasteiger partial charge in [-0.3, -0.25) is 14.5 Å². The number of rotatable bonds is 4. The zero-order valence-corrected chi connectivity index (χ0v) is 19.5. The van der Waals surface area contributed by atoms with E-state index in [-0.39, 0.29) is 35.7 Å². The Hall–Kier alpha value is -2.38. The normalized spacial score (nSPS) is 28.4. The number of likely N-dealkylation sites (tertiary alicyclic amines) is 1. The number of fused-ring (bicyclic) bond motifs is 3. The van der Waals surface area contributed by atoms with E-state index in [2.05, 4.69) is 13.0 Å². The number of allylic oxidation sites excluding steroid dienone is 2. The molecule has 2 heterocycles. The molecule has 2 saturated heterocycles. The quantitative estimate of drug-likeness (QED) is 0.427. The predicted octanol–water partition coefficient (Wildman–Crippen LogP) is 3.64. The molecular weight excluding hydrogens is 405 g/mol. The van der Waals surface area contributed by atoms with Crippen molar-refractivity contribution in [2.75, 3.05) is 7.05 Å². The van der Waals surface area contributed by atoms with E-state index in [4.69, 9.17) is 4.65 Å². The van der Waals surface area contributed by atoms with Crippen LogP contribution in [0.4, 0.5) is 0 Å². The van der Waals surface area contributed by atoms with Gasteiger partial charge in [0.1, 0.15) is 5.75 Å². The van der Waals surface area contributed by atoms with Gasteiger partial charge in [-0.2, -0.15) is 0 Å². The molecule has 2 fully saturated rings. The minimum Gasteiger partial charge on any atom is -0.507 e. The molecule has 4 atom stereocenters. The van der Waals surface area contributed by atoms with Crippen LogP contribution >= 0.6 is 0 Å². The molecule has 0 spiro atoms. The lowest BCUT2D eigenvalue weighted by molar-refractivity contribution is -0.138. The van der Waals surface area contributed by atoms with Crippen molar-refractivity contribution in [3.63, 3.8) is 0 Å². The smallest absolute Gasteiger partial charge is 0.455 e. The van der Waals surface area contributed by atoms with Crippen molar-refractivity contribution < 1.29 is 24.4 Å². The lowest BCUT2D eigenvalue weighted by atomic mass is 9.59. The van der Waals surface area contributed by atoms with Gasteiger partial charge in [-0.15, -0.1) is 0 Å². The van der Waals surface area contributed by atoms with Gasteiger partial charge in [-0.05, 0) is 93.6 Å². The number of hydrogen-bond donors (Lipinski definition) is 2. The summed E-state index contributed by atoms with van der Waals surface area (Å²) in [5.74, 6) is -0.734. The Kier molecular flexibility index (Phi) is 6.07. The number of aryl methyl sites for hydroxylation is 2. The second-order valence-corrected chi connectivity index (χ2v) is 9.76. The van der Waals surface area contributed by atoms with E-state index in [9.17, 15) is 19.7 Å². The molecule has 1 aromatic rings. The van der Waals surface area contributed by atoms with Crippen LogP contribution in [0.2, 0.25) is 6.32 Å². The highest BCUT2D eigenvalue weighted by Gasteiger charge is 2.55. The molecule has 3 aliphatic rings. The average Bonchev–Trinajstić information content (AvgIpc) is 2.94. The number of hydrogen-bond acceptors (Lipinski definition) is 5. The number of carbonyl (C=O) groups excluding carboxylic acids is 2. The minimum absolute atomic E-state index is 0.103. The summed E-state index contributed by atoms with van der Waals surface area (Å²) < 4.78 is 5.95. The Balaban J connectivity index is 1.54. The first-order valence-electron chi connectivity index (χ1n) is 11.4. The van der Waals surface area contributed by atoms with Crippen LogP contribution in [0.25, 0.3) is 6.08 Å². The van der Waals surface area contributed by atoms with Crippen LogP contribution in [0.15, 0.2) is 28.9 Å². The highest BCUT2D eigenvalue weighted by Crippen LogP contribution is 2.50. The van der Waals surface area contributed by atoms with Crippen LogP contribution in [0.5, 0.6) is 5.75 Å². The van der Waals surface area contributed by atoms with Crippen molar-refractivity contribution in [2.24, 2.45) is 17.8 Å². The zero-order chi connectivity index (χ0) is 23.3. The van der Waals surface area contributed by atoms with Gasteiger partial charge in [0.2, 0.25) is 11.8 Å². The standard InChI is InChI=1S/C25H32BNO5/c1-13(8-17-9-15(3)23(28)16(4)10-17)6-7-20-21-14(2)11-18-22(19(21)12-26(31)32-20)25(30)27(5)24(18)29/h8-10,18-20,22,28,31H,6-7,11-12H2,1-5H3/b13-8+/t18-,19+,20-,22-/m1/s1. The van der Waals surface area contributed by atoms with Crippen LogP contribution in [0.3, 0.4) is 0 Å². The predicted molar refractivity (Wildman–Crippen MR) is 124 cm³/mol. The Bertz CT molecular complexity index is 1010. The number of phenols is 1. The zero-order valence-electron chi connectivity index (χ0n) is 19.5. The van der Waals surface area contributed by atoms with Crippen LogP contribution in [0, 0.1) is 31.6 Å². The number of amides is 2. The summed E-state index contributed by atoms with van der Waals surface area (Å²) in [6.07, 6.45) is 4.28. The van der Waals surface area contributed by atoms with E-state index in [1.54, 1.807) is 7.05 Å². The lowest BCUT2D eigenvalue weighted by Gasteiger charge is -2.42. The fourth-order valence-corrected chi connectivity index (χ4v) is 5.87. The summed E-state index contributed by atoms with van der Waals surface area (Å²) in [4.78, 5) is 26.6. The van der Waals surface area contributed by atoms with Gasteiger partial charge in [0.05, 0.1) is 17.9 Å². The highest BCUT2D eigenvalue weighted by molar-refractivity contribution is 6.43. The van der Waals surface area contributed by atoms with E-state index >= 15 is 0 Å². The number of phenolic OH excluding ortho intramolecular Hbond substituents is 1. The van der Waals surface area contributed by atoms with Crippen molar-refractivity contribution in [1.29, 1.82) is 0 Å². The first-order valence-corrected chi connectivity index (χ1v) is 11.4. The second kappa shape index (κ2) is 8.52. The Morgan fingerprint density at radius 1 is 1.19 bits per heavy atom. The molecule has 7 heteroatoms. The SMILES string of the molecule is CC1=C2[C@@H](CC/C(C)=C/c3cc(C)c(O)c(C)c3)OB(O)C[C@@H]2[C@@H]2C(=O)N(C)C(=O)[C@@H]2C1. The molecule has 1 aliphatic carbocycles. The molecular formula is C25H32BNO5. The minimum atomic E-state index is -0.930. The maximum Gasteiger partial charge on any atom is 0.455 e. The summed E-state index contributed by atoms with van der Waals surface area (Å²) in [5, 5.41) is 20.4. The number of imide groups is 1. The highest BCUT2D eigenvalue weighted by atomic mass is 16.5. The Labute approximate surface area is 190 Å². The van der Waals surface area contributed by atoms with Crippen LogP contribution in [-0.2, 0) is 14.2 Å². The molecule has 1 aromatic carbocycles. The molecule has 2 amide bonds. The van der Waals surface area contributed by atoms with Crippen molar-refractivity contribution in [2.45, 2.75) is 59.4 Å². The molecule has 6 nitrogen and oxygen atoms in total. The van der Waals surface area contributed by atoms with E-state index in [1.807, 2.05) is 32.9 Å². The van der Waals surface area contributed by atoms with Gasteiger partial charge in [0.25, 0.3) is 0 Å². The summed E-state index contributed by atoms with van der Waals surface area (Å²) in [7, 11) is 0.632. The lowest BCUT2D eigenvalue weighted by Crippen LogP contribution is -2.45. The van der Waals surface area contributed by atoms with Crippen molar-refractivity contribution in [3.05, 3.63) is 45.5 Å². The molecule has 0 unspecified atom stereocenters. The topological polar surface area (TPSA) is 87.1 Å². The van der Waals surface area contributed by atoms with Gasteiger partial charge < -0.3 is 14.8 Å². The molecule has 0 saturated carbocycles. The van der Waals surface area contributed by atoms with Crippen molar-refractivity contribution >= 4 is 25.0 Å². The summed E-state index contributed by atoms with van der Waals surface area (Å²) in [6.45, 7) is 7.89. The molecule has 2 aliphatic heterocycles. The summed E-state index contributed by atoms with van der Waals surface area (Å²) in [6, 6.07) is 3.94. The average molecular weight is 437 g/mol. The van der Waals surface area contributed by atoms with Crippen molar-refractivity contribution in [1.82, 2.24) is 4.90 Å². The number of carbonyl (C=O) groups is 2. The molecule has 32 heavy (non-hydrogen) atoms. The van der Waals surface area contributed by atoms with Crippen LogP contribution < -0.4 is 0 Å². The van der Waals surface area contributed by atoms with Crippen LogP contribution in [-0.4, -0.2) is 47.1 Å². The first kappa shape index (κ1) is 22.8. The fraction of sp³-hybridized carbons (Fsp3) is 0.520. The van der Waals surface area contributed by atoms with Gasteiger partial charge in [-0.1, -0.05) is 17.2 Å². The largest absolute Gasteiger partial charge is 0.507 e. The number of nitrogens with zero attached hydrogens (tertiary/aromatic N) is 1. The molecule has 0 aromatic heterocycles. The van der Waals surface area contributed by atoms with Gasteiger partial charge in [0, 0.05) is 7.05 Å². The number of aromatic hydroxyl groups is 1. The summed E-state index contributed by atoms with van der Waals surface area (Å²) in [5.41, 5.74) is 6.15. The third kappa shape index (κ3) is 3.93. The third-order valence-corrected chi connectivity index (χ3v) is 7.40. The maximum absolute atomic E-state index is 12.8. The molecule has 0 bridgehead atoms. The van der Waals surface area contributed by atoms with E-state index in [1.165, 1.54) is 10.5 Å². The van der Waals surface area contributed by atoms with E-state index in [0.717, 1.165) is 34.3 Å². The third-order valence-electron chi connectivity index (χ3n) is 7.40. The fourth-order valence-electron chi connectivity index (χ4n) is 5.87. The summed E-state index contributed by atoms with van der Waals surface area (Å²) >= 11 is 0.